The van der Waals surface area contributed by atoms with Crippen molar-refractivity contribution in [2.75, 3.05) is 33.8 Å². The molecule has 1 aliphatic rings. The fourth-order valence-electron chi connectivity index (χ4n) is 2.87. The number of benzene rings is 2. The van der Waals surface area contributed by atoms with E-state index in [0.717, 1.165) is 9.87 Å². The van der Waals surface area contributed by atoms with E-state index in [1.54, 1.807) is 17.0 Å². The molecular formula is C19H22N2O4S. The maximum Gasteiger partial charge on any atom is 0.254 e. The molecule has 0 aromatic heterocycles. The minimum absolute atomic E-state index is 0.122. The third kappa shape index (κ3) is 3.80. The van der Waals surface area contributed by atoms with E-state index >= 15 is 0 Å². The molecule has 0 N–H and O–H groups in total. The predicted octanol–water partition coefficient (Wildman–Crippen LogP) is 2.15. The van der Waals surface area contributed by atoms with Crippen molar-refractivity contribution in [3.63, 3.8) is 0 Å². The van der Waals surface area contributed by atoms with Gasteiger partial charge in [0.1, 0.15) is 6.10 Å². The summed E-state index contributed by atoms with van der Waals surface area (Å²) in [5.74, 6) is -0.122. The molecule has 1 atom stereocenters. The van der Waals surface area contributed by atoms with Gasteiger partial charge in [-0.3, -0.25) is 4.79 Å². The highest BCUT2D eigenvalue weighted by Gasteiger charge is 2.26. The number of carbonyl (C=O) groups excluding carboxylic acids is 1. The summed E-state index contributed by atoms with van der Waals surface area (Å²) in [4.78, 5) is 14.7. The molecule has 6 nitrogen and oxygen atoms in total. The minimum Gasteiger partial charge on any atom is -0.370 e. The second-order valence-electron chi connectivity index (χ2n) is 6.33. The van der Waals surface area contributed by atoms with Gasteiger partial charge in [-0.2, -0.15) is 0 Å². The van der Waals surface area contributed by atoms with Gasteiger partial charge in [0, 0.05) is 26.2 Å². The number of ether oxygens (including phenoxy) is 1. The normalized spacial score (nSPS) is 18.1. The molecule has 0 spiro atoms. The van der Waals surface area contributed by atoms with Crippen LogP contribution in [-0.2, 0) is 14.8 Å². The molecule has 7 heteroatoms. The lowest BCUT2D eigenvalue weighted by Crippen LogP contribution is -2.42. The van der Waals surface area contributed by atoms with Crippen LogP contribution in [0.3, 0.4) is 0 Å². The first kappa shape index (κ1) is 18.6. The van der Waals surface area contributed by atoms with Gasteiger partial charge in [0.25, 0.3) is 5.91 Å². The van der Waals surface area contributed by atoms with Crippen LogP contribution in [0, 0.1) is 0 Å². The summed E-state index contributed by atoms with van der Waals surface area (Å²) in [5, 5.41) is 0. The smallest absolute Gasteiger partial charge is 0.254 e. The lowest BCUT2D eigenvalue weighted by Gasteiger charge is -2.33. The summed E-state index contributed by atoms with van der Waals surface area (Å²) in [6, 6.07) is 15.9. The summed E-state index contributed by atoms with van der Waals surface area (Å²) in [5.41, 5.74) is 1.51. The van der Waals surface area contributed by atoms with Crippen LogP contribution in [-0.4, -0.2) is 57.3 Å². The predicted molar refractivity (Wildman–Crippen MR) is 98.4 cm³/mol. The Morgan fingerprint density at radius 2 is 1.73 bits per heavy atom. The van der Waals surface area contributed by atoms with Crippen LogP contribution in [0.25, 0.3) is 0 Å². The van der Waals surface area contributed by atoms with Gasteiger partial charge in [-0.15, -0.1) is 0 Å². The van der Waals surface area contributed by atoms with Crippen LogP contribution in [0.15, 0.2) is 59.5 Å². The zero-order chi connectivity index (χ0) is 18.7. The molecule has 3 rings (SSSR count). The van der Waals surface area contributed by atoms with Crippen molar-refractivity contribution in [3.05, 3.63) is 65.7 Å². The number of nitrogens with zero attached hydrogens (tertiary/aromatic N) is 2. The number of carbonyl (C=O) groups is 1. The first-order valence-corrected chi connectivity index (χ1v) is 9.82. The molecule has 0 radical (unpaired) electrons. The Morgan fingerprint density at radius 3 is 2.35 bits per heavy atom. The van der Waals surface area contributed by atoms with Crippen molar-refractivity contribution >= 4 is 15.9 Å². The number of rotatable bonds is 4. The van der Waals surface area contributed by atoms with Crippen molar-refractivity contribution in [3.8, 4) is 0 Å². The number of sulfonamides is 1. The largest absolute Gasteiger partial charge is 0.370 e. The molecule has 26 heavy (non-hydrogen) atoms. The maximum absolute atomic E-state index is 12.8. The Morgan fingerprint density at radius 1 is 1.08 bits per heavy atom. The first-order valence-electron chi connectivity index (χ1n) is 8.38. The molecule has 2 aromatic rings. The summed E-state index contributed by atoms with van der Waals surface area (Å²) < 4.78 is 31.2. The standard InChI is InChI=1S/C19H22N2O4S/c1-20(2)26(23,24)17-10-8-16(9-11-17)19(22)21-12-13-25-18(14-21)15-6-4-3-5-7-15/h3-11,18H,12-14H2,1-2H3. The number of morpholine rings is 1. The van der Waals surface area contributed by atoms with Gasteiger partial charge in [-0.25, -0.2) is 12.7 Å². The Hall–Kier alpha value is -2.22. The van der Waals surface area contributed by atoms with Crippen LogP contribution in [0.2, 0.25) is 0 Å². The third-order valence-electron chi connectivity index (χ3n) is 4.40. The molecule has 1 saturated heterocycles. The lowest BCUT2D eigenvalue weighted by molar-refractivity contribution is -0.0228. The molecule has 2 aromatic carbocycles. The van der Waals surface area contributed by atoms with Crippen LogP contribution in [0.5, 0.6) is 0 Å². The summed E-state index contributed by atoms with van der Waals surface area (Å²) in [6.07, 6.45) is -0.151. The fraction of sp³-hybridized carbons (Fsp3) is 0.316. The first-order chi connectivity index (χ1) is 12.4. The second-order valence-corrected chi connectivity index (χ2v) is 8.48. The maximum atomic E-state index is 12.8. The van der Waals surface area contributed by atoms with E-state index in [1.807, 2.05) is 30.3 Å². The lowest BCUT2D eigenvalue weighted by atomic mass is 10.1. The molecule has 0 saturated carbocycles. The molecule has 138 valence electrons. The van der Waals surface area contributed by atoms with Gasteiger partial charge >= 0.3 is 0 Å². The highest BCUT2D eigenvalue weighted by Crippen LogP contribution is 2.23. The molecule has 1 amide bonds. The quantitative estimate of drug-likeness (QED) is 0.822. The van der Waals surface area contributed by atoms with Gasteiger partial charge in [0.15, 0.2) is 0 Å². The summed E-state index contributed by atoms with van der Waals surface area (Å²) >= 11 is 0. The van der Waals surface area contributed by atoms with Crippen LogP contribution in [0.1, 0.15) is 22.0 Å². The van der Waals surface area contributed by atoms with Gasteiger partial charge in [-0.1, -0.05) is 30.3 Å². The molecule has 1 heterocycles. The van der Waals surface area contributed by atoms with Crippen LogP contribution in [0.4, 0.5) is 0 Å². The third-order valence-corrected chi connectivity index (χ3v) is 6.23. The van der Waals surface area contributed by atoms with Gasteiger partial charge in [0.2, 0.25) is 10.0 Å². The molecule has 1 unspecified atom stereocenters. The zero-order valence-electron chi connectivity index (χ0n) is 14.8. The Kier molecular flexibility index (Phi) is 5.41. The molecule has 0 aliphatic carbocycles. The fourth-order valence-corrected chi connectivity index (χ4v) is 3.77. The average Bonchev–Trinajstić information content (AvgIpc) is 2.68. The van der Waals surface area contributed by atoms with Crippen molar-refractivity contribution in [1.29, 1.82) is 0 Å². The number of hydrogen-bond acceptors (Lipinski definition) is 4. The van der Waals surface area contributed by atoms with Crippen molar-refractivity contribution in [1.82, 2.24) is 9.21 Å². The van der Waals surface area contributed by atoms with Crippen molar-refractivity contribution in [2.45, 2.75) is 11.0 Å². The second kappa shape index (κ2) is 7.57. The number of hydrogen-bond donors (Lipinski definition) is 0. The topological polar surface area (TPSA) is 66.9 Å². The molecule has 1 fully saturated rings. The van der Waals surface area contributed by atoms with E-state index in [0.29, 0.717) is 25.3 Å². The van der Waals surface area contributed by atoms with Gasteiger partial charge in [0.05, 0.1) is 18.0 Å². The van der Waals surface area contributed by atoms with Crippen molar-refractivity contribution < 1.29 is 17.9 Å². The van der Waals surface area contributed by atoms with E-state index in [2.05, 4.69) is 0 Å². The Balaban J connectivity index is 1.75. The summed E-state index contributed by atoms with van der Waals surface area (Å²) in [7, 11) is -0.545. The van der Waals surface area contributed by atoms with E-state index in [9.17, 15) is 13.2 Å². The molecule has 1 aliphatic heterocycles. The molecule has 0 bridgehead atoms. The number of amides is 1. The van der Waals surface area contributed by atoms with E-state index < -0.39 is 10.0 Å². The molecular weight excluding hydrogens is 352 g/mol. The van der Waals surface area contributed by atoms with Crippen molar-refractivity contribution in [2.24, 2.45) is 0 Å². The van der Waals surface area contributed by atoms with Gasteiger partial charge < -0.3 is 9.64 Å². The van der Waals surface area contributed by atoms with E-state index in [1.165, 1.54) is 26.2 Å². The zero-order valence-corrected chi connectivity index (χ0v) is 15.6. The van der Waals surface area contributed by atoms with Crippen LogP contribution < -0.4 is 0 Å². The van der Waals surface area contributed by atoms with Crippen LogP contribution >= 0.6 is 0 Å². The highest BCUT2D eigenvalue weighted by molar-refractivity contribution is 7.89. The Labute approximate surface area is 154 Å². The average molecular weight is 374 g/mol. The highest BCUT2D eigenvalue weighted by atomic mass is 32.2. The monoisotopic (exact) mass is 374 g/mol. The van der Waals surface area contributed by atoms with E-state index in [-0.39, 0.29) is 16.9 Å². The minimum atomic E-state index is -3.50. The SMILES string of the molecule is CN(C)S(=O)(=O)c1ccc(C(=O)N2CCOC(c3ccccc3)C2)cc1. The van der Waals surface area contributed by atoms with E-state index in [4.69, 9.17) is 4.74 Å². The Bertz CT molecular complexity index is 864. The van der Waals surface area contributed by atoms with Gasteiger partial charge in [-0.05, 0) is 29.8 Å². The summed E-state index contributed by atoms with van der Waals surface area (Å²) in [6.45, 7) is 1.46.